The highest BCUT2D eigenvalue weighted by molar-refractivity contribution is 5.74. The van der Waals surface area contributed by atoms with Gasteiger partial charge in [0.15, 0.2) is 6.04 Å². The van der Waals surface area contributed by atoms with Crippen LogP contribution in [0.3, 0.4) is 0 Å². The Kier molecular flexibility index (Phi) is 9.93. The van der Waals surface area contributed by atoms with Crippen molar-refractivity contribution in [3.8, 4) is 17.0 Å². The van der Waals surface area contributed by atoms with E-state index in [1.807, 2.05) is 36.1 Å². The van der Waals surface area contributed by atoms with E-state index in [0.717, 1.165) is 37.4 Å². The van der Waals surface area contributed by atoms with E-state index in [9.17, 15) is 23.1 Å². The summed E-state index contributed by atoms with van der Waals surface area (Å²) >= 11 is 0. The number of carbonyl (C=O) groups excluding carboxylic acids is 1. The Morgan fingerprint density at radius 3 is 2.59 bits per heavy atom. The molecule has 236 valence electrons. The second-order valence-corrected chi connectivity index (χ2v) is 11.5. The Morgan fingerprint density at radius 2 is 1.91 bits per heavy atom. The lowest BCUT2D eigenvalue weighted by atomic mass is 9.84. The van der Waals surface area contributed by atoms with Crippen LogP contribution < -0.4 is 15.1 Å². The molecular weight excluding hydrogens is 571 g/mol. The number of nitrogens with zero attached hydrogens (tertiary/aromatic N) is 4. The van der Waals surface area contributed by atoms with Crippen LogP contribution in [0.25, 0.3) is 11.3 Å². The maximum atomic E-state index is 14.1. The maximum Gasteiger partial charge on any atom is 0.411 e. The molecule has 1 aromatic heterocycles. The van der Waals surface area contributed by atoms with Crippen molar-refractivity contribution in [1.82, 2.24) is 15.2 Å². The zero-order valence-electron chi connectivity index (χ0n) is 25.1. The number of ether oxygens (including phenoxy) is 1. The molecule has 0 saturated carbocycles. The van der Waals surface area contributed by atoms with E-state index in [4.69, 9.17) is 4.74 Å². The van der Waals surface area contributed by atoms with Crippen LogP contribution in [0.5, 0.6) is 5.75 Å². The van der Waals surface area contributed by atoms with Crippen LogP contribution in [0.1, 0.15) is 39.5 Å². The molecule has 4 atom stereocenters. The number of piperidine rings is 1. The van der Waals surface area contributed by atoms with E-state index in [0.29, 0.717) is 36.1 Å². The van der Waals surface area contributed by atoms with E-state index in [1.54, 1.807) is 19.1 Å². The van der Waals surface area contributed by atoms with Gasteiger partial charge in [0.05, 0.1) is 24.3 Å². The number of rotatable bonds is 9. The molecule has 3 heterocycles. The average molecular weight is 612 g/mol. The molecular formula is C33H40F3N5O3. The average Bonchev–Trinajstić information content (AvgIpc) is 3.51. The lowest BCUT2D eigenvalue weighted by Crippen LogP contribution is -2.48. The number of hydrazone groups is 1. The van der Waals surface area contributed by atoms with Crippen molar-refractivity contribution in [3.05, 3.63) is 66.3 Å². The number of aliphatic hydroxyl groups is 1. The van der Waals surface area contributed by atoms with Crippen LogP contribution in [-0.4, -0.2) is 71.8 Å². The number of likely N-dealkylation sites (tertiary alicyclic amines) is 1. The van der Waals surface area contributed by atoms with Gasteiger partial charge in [-0.2, -0.15) is 18.3 Å². The summed E-state index contributed by atoms with van der Waals surface area (Å²) in [6.07, 6.45) is 4.93. The zero-order valence-corrected chi connectivity index (χ0v) is 25.1. The Balaban J connectivity index is 1.22. The van der Waals surface area contributed by atoms with Crippen LogP contribution in [0.15, 0.2) is 71.4 Å². The number of halogens is 3. The molecule has 1 saturated heterocycles. The monoisotopic (exact) mass is 611 g/mol. The molecule has 11 heteroatoms. The van der Waals surface area contributed by atoms with E-state index in [-0.39, 0.29) is 24.2 Å². The molecule has 1 aromatic carbocycles. The van der Waals surface area contributed by atoms with Crippen LogP contribution in [0.4, 0.5) is 23.8 Å². The molecule has 44 heavy (non-hydrogen) atoms. The highest BCUT2D eigenvalue weighted by atomic mass is 19.4. The molecule has 2 aliphatic heterocycles. The maximum absolute atomic E-state index is 14.1. The van der Waals surface area contributed by atoms with E-state index >= 15 is 0 Å². The smallest absolute Gasteiger partial charge is 0.411 e. The van der Waals surface area contributed by atoms with Crippen molar-refractivity contribution in [3.63, 3.8) is 0 Å². The zero-order chi connectivity index (χ0) is 31.3. The summed E-state index contributed by atoms with van der Waals surface area (Å²) in [5, 5.41) is 18.0. The van der Waals surface area contributed by atoms with Crippen LogP contribution in [0, 0.1) is 17.8 Å². The normalized spacial score (nSPS) is 23.0. The third-order valence-corrected chi connectivity index (χ3v) is 8.57. The fourth-order valence-electron chi connectivity index (χ4n) is 6.09. The molecule has 5 rings (SSSR count). The molecule has 2 amide bonds. The van der Waals surface area contributed by atoms with Gasteiger partial charge in [0, 0.05) is 37.3 Å². The van der Waals surface area contributed by atoms with Crippen molar-refractivity contribution in [2.24, 2.45) is 22.9 Å². The molecule has 4 unspecified atom stereocenters. The number of benzene rings is 1. The summed E-state index contributed by atoms with van der Waals surface area (Å²) in [7, 11) is 0. The van der Waals surface area contributed by atoms with E-state index < -0.39 is 24.2 Å². The van der Waals surface area contributed by atoms with Gasteiger partial charge in [-0.3, -0.25) is 0 Å². The van der Waals surface area contributed by atoms with Crippen molar-refractivity contribution in [2.75, 3.05) is 31.3 Å². The number of hydrogen-bond acceptors (Lipinski definition) is 6. The van der Waals surface area contributed by atoms with Crippen molar-refractivity contribution < 1.29 is 27.8 Å². The highest BCUT2D eigenvalue weighted by Crippen LogP contribution is 2.39. The van der Waals surface area contributed by atoms with Gasteiger partial charge in [-0.05, 0) is 68.4 Å². The molecule has 2 aromatic rings. The van der Waals surface area contributed by atoms with Crippen LogP contribution >= 0.6 is 0 Å². The molecule has 1 aliphatic carbocycles. The number of carbonyl (C=O) groups is 1. The number of aliphatic hydroxyl groups excluding tert-OH is 1. The first-order valence-electron chi connectivity index (χ1n) is 15.4. The Morgan fingerprint density at radius 1 is 1.14 bits per heavy atom. The minimum Gasteiger partial charge on any atom is -0.492 e. The molecule has 8 nitrogen and oxygen atoms in total. The SMILES string of the molecule is CCNC(=O)N1CCC(C2=CCC(COc3ccccc3-c3cccc(N4N=CC(C(O)CC)C4C(F)(F)F)n3)C=C2)CC1. The fourth-order valence-corrected chi connectivity index (χ4v) is 6.09. The highest BCUT2D eigenvalue weighted by Gasteiger charge is 2.53. The molecule has 0 bridgehead atoms. The third-order valence-electron chi connectivity index (χ3n) is 8.57. The lowest BCUT2D eigenvalue weighted by Gasteiger charge is -2.33. The number of pyridine rings is 1. The molecule has 3 aliphatic rings. The summed E-state index contributed by atoms with van der Waals surface area (Å²) in [6.45, 7) is 6.14. The lowest BCUT2D eigenvalue weighted by molar-refractivity contribution is -0.159. The predicted molar refractivity (Wildman–Crippen MR) is 164 cm³/mol. The van der Waals surface area contributed by atoms with Gasteiger partial charge in [-0.15, -0.1) is 0 Å². The largest absolute Gasteiger partial charge is 0.492 e. The van der Waals surface area contributed by atoms with Crippen molar-refractivity contribution in [2.45, 2.75) is 57.9 Å². The molecule has 2 N–H and O–H groups in total. The molecule has 0 spiro atoms. The Bertz CT molecular complexity index is 1390. The van der Waals surface area contributed by atoms with Crippen LogP contribution in [-0.2, 0) is 0 Å². The van der Waals surface area contributed by atoms with Crippen LogP contribution in [0.2, 0.25) is 0 Å². The van der Waals surface area contributed by atoms with Gasteiger partial charge in [0.2, 0.25) is 0 Å². The number of amides is 2. The predicted octanol–water partition coefficient (Wildman–Crippen LogP) is 6.20. The number of allylic oxidation sites excluding steroid dienone is 3. The summed E-state index contributed by atoms with van der Waals surface area (Å²) in [4.78, 5) is 18.5. The molecule has 0 radical (unpaired) electrons. The minimum atomic E-state index is -4.61. The number of anilines is 1. The van der Waals surface area contributed by atoms with E-state index in [2.05, 4.69) is 33.6 Å². The van der Waals surface area contributed by atoms with Gasteiger partial charge < -0.3 is 20.1 Å². The topological polar surface area (TPSA) is 90.3 Å². The number of nitrogens with one attached hydrogen (secondary N) is 1. The number of alkyl halides is 3. The van der Waals surface area contributed by atoms with Gasteiger partial charge >= 0.3 is 12.2 Å². The Hall–Kier alpha value is -3.86. The number of aromatic nitrogens is 1. The van der Waals surface area contributed by atoms with Crippen molar-refractivity contribution >= 4 is 18.1 Å². The van der Waals surface area contributed by atoms with Crippen molar-refractivity contribution in [1.29, 1.82) is 0 Å². The fraction of sp³-hybridized carbons (Fsp3) is 0.485. The third kappa shape index (κ3) is 7.09. The first-order valence-corrected chi connectivity index (χ1v) is 15.4. The summed E-state index contributed by atoms with van der Waals surface area (Å²) in [5.74, 6) is 0.0745. The number of hydrogen-bond donors (Lipinski definition) is 2. The van der Waals surface area contributed by atoms with Gasteiger partial charge in [-0.1, -0.05) is 43.4 Å². The number of urea groups is 1. The van der Waals surface area contributed by atoms with E-state index in [1.165, 1.54) is 17.9 Å². The van der Waals surface area contributed by atoms with Gasteiger partial charge in [0.1, 0.15) is 11.6 Å². The quantitative estimate of drug-likeness (QED) is 0.353. The molecule has 1 fully saturated rings. The van der Waals surface area contributed by atoms with Gasteiger partial charge in [0.25, 0.3) is 0 Å². The summed E-state index contributed by atoms with van der Waals surface area (Å²) < 4.78 is 48.6. The second-order valence-electron chi connectivity index (χ2n) is 11.5. The second kappa shape index (κ2) is 13.8. The standard InChI is InChI=1S/C33H40F3N5O3/c1-3-28(42)26-20-38-41(31(26)33(34,35)36)30-11-7-9-27(39-30)25-8-5-6-10-29(25)44-21-22-12-14-23(15-13-22)24-16-18-40(19-17-24)32(43)37-4-2/h5-12,14-15,20,22,24,26,28,31,42H,3-4,13,16-19,21H2,1-2H3,(H,37,43). The first-order chi connectivity index (χ1) is 21.2. The summed E-state index contributed by atoms with van der Waals surface area (Å²) in [5.41, 5.74) is 2.45. The minimum absolute atomic E-state index is 0.00837. The number of para-hydroxylation sites is 1. The Labute approximate surface area is 256 Å². The summed E-state index contributed by atoms with van der Waals surface area (Å²) in [6, 6.07) is 10.2. The van der Waals surface area contributed by atoms with Gasteiger partial charge in [-0.25, -0.2) is 14.8 Å². The first kappa shape index (κ1) is 31.6.